The van der Waals surface area contributed by atoms with Crippen molar-refractivity contribution in [1.82, 2.24) is 4.98 Å². The number of Topliss-reactive ketones (excluding diaryl/α,β-unsaturated/α-hetero) is 1. The van der Waals surface area contributed by atoms with Crippen LogP contribution in [0.15, 0.2) is 66.0 Å². The monoisotopic (exact) mass is 384 g/mol. The lowest BCUT2D eigenvalue weighted by molar-refractivity contribution is -0.118. The third-order valence-corrected chi connectivity index (χ3v) is 6.06. The smallest absolute Gasteiger partial charge is 0.162 e. The number of fused-ring (bicyclic) bond motifs is 3. The van der Waals surface area contributed by atoms with E-state index in [1.165, 1.54) is 0 Å². The van der Waals surface area contributed by atoms with Gasteiger partial charge in [0.05, 0.1) is 18.3 Å². The molecule has 2 aromatic carbocycles. The lowest BCUT2D eigenvalue weighted by Crippen LogP contribution is -2.34. The van der Waals surface area contributed by atoms with E-state index in [1.807, 2.05) is 36.5 Å². The van der Waals surface area contributed by atoms with Gasteiger partial charge in [-0.25, -0.2) is 0 Å². The van der Waals surface area contributed by atoms with Gasteiger partial charge in [0.15, 0.2) is 5.78 Å². The minimum atomic E-state index is -0.148. The number of pyridine rings is 1. The van der Waals surface area contributed by atoms with E-state index in [0.29, 0.717) is 6.42 Å². The van der Waals surface area contributed by atoms with Crippen molar-refractivity contribution in [2.45, 2.75) is 32.6 Å². The zero-order chi connectivity index (χ0) is 20.2. The van der Waals surface area contributed by atoms with E-state index in [4.69, 9.17) is 4.74 Å². The molecule has 146 valence electrons. The maximum atomic E-state index is 13.3. The van der Waals surface area contributed by atoms with E-state index in [2.05, 4.69) is 42.3 Å². The van der Waals surface area contributed by atoms with Gasteiger partial charge < -0.3 is 10.1 Å². The Morgan fingerprint density at radius 1 is 1.03 bits per heavy atom. The molecule has 0 amide bonds. The normalized spacial score (nSPS) is 20.1. The number of hydrogen-bond acceptors (Lipinski definition) is 4. The van der Waals surface area contributed by atoms with Crippen LogP contribution in [0.3, 0.4) is 0 Å². The zero-order valence-electron chi connectivity index (χ0n) is 17.0. The van der Waals surface area contributed by atoms with E-state index < -0.39 is 0 Å². The van der Waals surface area contributed by atoms with Gasteiger partial charge in [0.1, 0.15) is 5.75 Å². The molecule has 29 heavy (non-hydrogen) atoms. The number of hydrogen-bond donors (Lipinski definition) is 1. The van der Waals surface area contributed by atoms with Crippen molar-refractivity contribution < 1.29 is 9.53 Å². The molecule has 0 saturated carbocycles. The first kappa shape index (κ1) is 17.9. The first-order valence-corrected chi connectivity index (χ1v) is 10.0. The van der Waals surface area contributed by atoms with Crippen molar-refractivity contribution in [3.8, 4) is 5.75 Å². The van der Waals surface area contributed by atoms with Crippen LogP contribution in [-0.4, -0.2) is 17.9 Å². The number of allylic oxidation sites excluding steroid dienone is 2. The summed E-state index contributed by atoms with van der Waals surface area (Å²) >= 11 is 0. The Hall–Kier alpha value is -3.14. The van der Waals surface area contributed by atoms with Gasteiger partial charge in [-0.15, -0.1) is 0 Å². The minimum Gasteiger partial charge on any atom is -0.496 e. The maximum Gasteiger partial charge on any atom is 0.162 e. The van der Waals surface area contributed by atoms with Crippen molar-refractivity contribution in [2.75, 3.05) is 12.4 Å². The Morgan fingerprint density at radius 2 is 1.86 bits per heavy atom. The number of para-hydroxylation sites is 1. The number of carbonyl (C=O) groups is 1. The Bertz CT molecular complexity index is 1180. The molecule has 2 heterocycles. The number of rotatable bonds is 2. The molecule has 4 nitrogen and oxygen atoms in total. The highest BCUT2D eigenvalue weighted by molar-refractivity contribution is 6.04. The highest BCUT2D eigenvalue weighted by atomic mass is 16.5. The minimum absolute atomic E-state index is 0.0609. The first-order valence-electron chi connectivity index (χ1n) is 10.0. The number of anilines is 1. The molecule has 2 aliphatic rings. The van der Waals surface area contributed by atoms with Crippen LogP contribution in [0.25, 0.3) is 10.9 Å². The summed E-state index contributed by atoms with van der Waals surface area (Å²) in [6.45, 7) is 4.32. The van der Waals surface area contributed by atoms with Gasteiger partial charge in [0.25, 0.3) is 0 Å². The van der Waals surface area contributed by atoms with Crippen molar-refractivity contribution in [3.05, 3.63) is 77.1 Å². The third kappa shape index (κ3) is 2.82. The number of ketones is 1. The Morgan fingerprint density at radius 3 is 2.69 bits per heavy atom. The van der Waals surface area contributed by atoms with Gasteiger partial charge in [0, 0.05) is 40.8 Å². The molecule has 0 bridgehead atoms. The van der Waals surface area contributed by atoms with Gasteiger partial charge >= 0.3 is 0 Å². The summed E-state index contributed by atoms with van der Waals surface area (Å²) in [6, 6.07) is 16.2. The SMILES string of the molecule is COc1ccccc1[C@@H]1C2=C(CC(C)(C)CC2=O)Nc2c1ccc1ncccc21. The molecule has 1 aliphatic carbocycles. The van der Waals surface area contributed by atoms with Gasteiger partial charge in [-0.2, -0.15) is 0 Å². The average Bonchev–Trinajstić information content (AvgIpc) is 2.71. The molecule has 0 saturated heterocycles. The molecule has 0 fully saturated rings. The number of nitrogens with one attached hydrogen (secondary N) is 1. The van der Waals surface area contributed by atoms with Crippen LogP contribution in [0.5, 0.6) is 5.75 Å². The Balaban J connectivity index is 1.82. The summed E-state index contributed by atoms with van der Waals surface area (Å²) in [6.07, 6.45) is 3.21. The lowest BCUT2D eigenvalue weighted by Gasteiger charge is -2.40. The topological polar surface area (TPSA) is 51.2 Å². The van der Waals surface area contributed by atoms with Crippen molar-refractivity contribution >= 4 is 22.4 Å². The molecule has 1 aliphatic heterocycles. The predicted molar refractivity (Wildman–Crippen MR) is 115 cm³/mol. The van der Waals surface area contributed by atoms with E-state index in [1.54, 1.807) is 7.11 Å². The van der Waals surface area contributed by atoms with Crippen molar-refractivity contribution in [1.29, 1.82) is 0 Å². The van der Waals surface area contributed by atoms with Crippen molar-refractivity contribution in [2.24, 2.45) is 5.41 Å². The number of benzene rings is 2. The number of methoxy groups -OCH3 is 1. The second kappa shape index (κ2) is 6.45. The molecule has 1 N–H and O–H groups in total. The second-order valence-corrected chi connectivity index (χ2v) is 8.73. The molecular formula is C25H24N2O2. The summed E-state index contributed by atoms with van der Waals surface area (Å²) < 4.78 is 5.69. The molecule has 0 unspecified atom stereocenters. The van der Waals surface area contributed by atoms with Gasteiger partial charge in [-0.1, -0.05) is 38.1 Å². The fraction of sp³-hybridized carbons (Fsp3) is 0.280. The zero-order valence-corrected chi connectivity index (χ0v) is 17.0. The Labute approximate surface area is 170 Å². The fourth-order valence-electron chi connectivity index (χ4n) is 4.86. The molecule has 1 aromatic heterocycles. The first-order chi connectivity index (χ1) is 14.0. The molecule has 4 heteroatoms. The molecule has 1 atom stereocenters. The summed E-state index contributed by atoms with van der Waals surface area (Å²) in [4.78, 5) is 17.9. The standard InChI is InChI=1S/C25H24N2O2/c1-25(2)13-19-23(20(28)14-25)22(16-7-4-5-9-21(16)29-3)17-10-11-18-15(24(17)27-19)8-6-12-26-18/h4-12,22,27H,13-14H2,1-3H3/t22-/m0/s1. The number of carbonyl (C=O) groups excluding carboxylic acids is 1. The van der Waals surface area contributed by atoms with Crippen LogP contribution in [0, 0.1) is 5.41 Å². The highest BCUT2D eigenvalue weighted by Gasteiger charge is 2.41. The van der Waals surface area contributed by atoms with Gasteiger partial charge in [0.2, 0.25) is 0 Å². The summed E-state index contributed by atoms with van der Waals surface area (Å²) in [5.41, 5.74) is 5.98. The lowest BCUT2D eigenvalue weighted by atomic mass is 9.68. The summed E-state index contributed by atoms with van der Waals surface area (Å²) in [5, 5.41) is 4.72. The second-order valence-electron chi connectivity index (χ2n) is 8.73. The third-order valence-electron chi connectivity index (χ3n) is 6.06. The van der Waals surface area contributed by atoms with E-state index >= 15 is 0 Å². The number of aromatic nitrogens is 1. The van der Waals surface area contributed by atoms with Crippen LogP contribution >= 0.6 is 0 Å². The number of nitrogens with zero attached hydrogens (tertiary/aromatic N) is 1. The highest BCUT2D eigenvalue weighted by Crippen LogP contribution is 2.51. The average molecular weight is 384 g/mol. The molecular weight excluding hydrogens is 360 g/mol. The van der Waals surface area contributed by atoms with Gasteiger partial charge in [-0.05, 0) is 41.7 Å². The fourth-order valence-corrected chi connectivity index (χ4v) is 4.86. The van der Waals surface area contributed by atoms with E-state index in [0.717, 1.165) is 51.2 Å². The number of ether oxygens (including phenoxy) is 1. The maximum absolute atomic E-state index is 13.3. The molecule has 3 aromatic rings. The molecule has 5 rings (SSSR count). The van der Waals surface area contributed by atoms with Crippen LogP contribution in [0.2, 0.25) is 0 Å². The predicted octanol–water partition coefficient (Wildman–Crippen LogP) is 5.44. The van der Waals surface area contributed by atoms with Gasteiger partial charge in [-0.3, -0.25) is 9.78 Å². The van der Waals surface area contributed by atoms with E-state index in [-0.39, 0.29) is 17.1 Å². The van der Waals surface area contributed by atoms with Crippen LogP contribution in [0.4, 0.5) is 5.69 Å². The summed E-state index contributed by atoms with van der Waals surface area (Å²) in [5.74, 6) is 0.878. The van der Waals surface area contributed by atoms with Crippen LogP contribution in [0.1, 0.15) is 43.7 Å². The van der Waals surface area contributed by atoms with Crippen molar-refractivity contribution in [3.63, 3.8) is 0 Å². The Kier molecular flexibility index (Phi) is 3.98. The van der Waals surface area contributed by atoms with Crippen LogP contribution in [-0.2, 0) is 4.79 Å². The van der Waals surface area contributed by atoms with E-state index in [9.17, 15) is 4.79 Å². The largest absolute Gasteiger partial charge is 0.496 e. The molecule has 0 spiro atoms. The summed E-state index contributed by atoms with van der Waals surface area (Å²) in [7, 11) is 1.69. The molecule has 0 radical (unpaired) electrons. The van der Waals surface area contributed by atoms with Crippen LogP contribution < -0.4 is 10.1 Å². The quantitative estimate of drug-likeness (QED) is 0.639.